The van der Waals surface area contributed by atoms with Gasteiger partial charge in [-0.05, 0) is 13.1 Å². The SMILES string of the molecule is CN1CCN(Cc2cccc(Cl)c2O)CC1. The van der Waals surface area contributed by atoms with Crippen molar-refractivity contribution in [3.05, 3.63) is 28.8 Å². The van der Waals surface area contributed by atoms with E-state index in [1.807, 2.05) is 12.1 Å². The molecule has 1 aliphatic heterocycles. The lowest BCUT2D eigenvalue weighted by atomic mass is 10.1. The van der Waals surface area contributed by atoms with Crippen LogP contribution in [-0.4, -0.2) is 48.1 Å². The minimum atomic E-state index is 0.225. The fourth-order valence-corrected chi connectivity index (χ4v) is 2.13. The van der Waals surface area contributed by atoms with Crippen molar-refractivity contribution in [1.82, 2.24) is 9.80 Å². The van der Waals surface area contributed by atoms with Gasteiger partial charge in [0, 0.05) is 38.3 Å². The first-order valence-electron chi connectivity index (χ1n) is 5.54. The number of hydrogen-bond donors (Lipinski definition) is 1. The third-order valence-corrected chi connectivity index (χ3v) is 3.37. The van der Waals surface area contributed by atoms with Crippen LogP contribution < -0.4 is 0 Å². The van der Waals surface area contributed by atoms with Crippen LogP contribution in [0.1, 0.15) is 5.56 Å². The summed E-state index contributed by atoms with van der Waals surface area (Å²) >= 11 is 5.88. The molecule has 1 saturated heterocycles. The fraction of sp³-hybridized carbons (Fsp3) is 0.500. The molecule has 0 spiro atoms. The van der Waals surface area contributed by atoms with Gasteiger partial charge in [-0.1, -0.05) is 23.7 Å². The van der Waals surface area contributed by atoms with Crippen LogP contribution in [0.25, 0.3) is 0 Å². The monoisotopic (exact) mass is 240 g/mol. The number of piperazine rings is 1. The first kappa shape index (κ1) is 11.7. The van der Waals surface area contributed by atoms with Gasteiger partial charge >= 0.3 is 0 Å². The van der Waals surface area contributed by atoms with Gasteiger partial charge in [-0.3, -0.25) is 4.90 Å². The highest BCUT2D eigenvalue weighted by Crippen LogP contribution is 2.27. The maximum atomic E-state index is 9.81. The summed E-state index contributed by atoms with van der Waals surface area (Å²) in [5.74, 6) is 0.225. The molecule has 1 heterocycles. The molecule has 0 bridgehead atoms. The molecule has 0 atom stereocenters. The molecule has 16 heavy (non-hydrogen) atoms. The first-order chi connectivity index (χ1) is 7.66. The van der Waals surface area contributed by atoms with Crippen LogP contribution in [0.2, 0.25) is 5.02 Å². The van der Waals surface area contributed by atoms with Crippen LogP contribution >= 0.6 is 11.6 Å². The Labute approximate surface area is 101 Å². The highest BCUT2D eigenvalue weighted by atomic mass is 35.5. The van der Waals surface area contributed by atoms with Crippen LogP contribution in [-0.2, 0) is 6.54 Å². The van der Waals surface area contributed by atoms with E-state index in [0.717, 1.165) is 38.3 Å². The number of para-hydroxylation sites is 1. The van der Waals surface area contributed by atoms with Gasteiger partial charge in [0.1, 0.15) is 5.75 Å². The predicted octanol–water partition coefficient (Wildman–Crippen LogP) is 1.79. The quantitative estimate of drug-likeness (QED) is 0.854. The molecule has 1 aliphatic rings. The second-order valence-corrected chi connectivity index (χ2v) is 4.73. The molecule has 1 fully saturated rings. The maximum Gasteiger partial charge on any atom is 0.138 e. The summed E-state index contributed by atoms with van der Waals surface area (Å²) in [6, 6.07) is 5.53. The number of likely N-dealkylation sites (N-methyl/N-ethyl adjacent to an activating group) is 1. The van der Waals surface area contributed by atoms with Crippen molar-refractivity contribution in [2.24, 2.45) is 0 Å². The molecule has 4 heteroatoms. The summed E-state index contributed by atoms with van der Waals surface area (Å²) in [6.07, 6.45) is 0. The molecule has 0 saturated carbocycles. The summed E-state index contributed by atoms with van der Waals surface area (Å²) in [6.45, 7) is 5.04. The molecule has 0 radical (unpaired) electrons. The van der Waals surface area contributed by atoms with Gasteiger partial charge in [0.15, 0.2) is 0 Å². The van der Waals surface area contributed by atoms with Crippen molar-refractivity contribution in [3.63, 3.8) is 0 Å². The number of nitrogens with zero attached hydrogens (tertiary/aromatic N) is 2. The lowest BCUT2D eigenvalue weighted by molar-refractivity contribution is 0.147. The second-order valence-electron chi connectivity index (χ2n) is 4.33. The largest absolute Gasteiger partial charge is 0.506 e. The highest BCUT2D eigenvalue weighted by molar-refractivity contribution is 6.32. The highest BCUT2D eigenvalue weighted by Gasteiger charge is 2.15. The van der Waals surface area contributed by atoms with Crippen molar-refractivity contribution in [2.75, 3.05) is 33.2 Å². The zero-order valence-electron chi connectivity index (χ0n) is 9.49. The smallest absolute Gasteiger partial charge is 0.138 e. The van der Waals surface area contributed by atoms with Gasteiger partial charge in [0.25, 0.3) is 0 Å². The molecule has 0 unspecified atom stereocenters. The Morgan fingerprint density at radius 2 is 1.94 bits per heavy atom. The Kier molecular flexibility index (Phi) is 3.69. The standard InChI is InChI=1S/C12H17ClN2O/c1-14-5-7-15(8-6-14)9-10-3-2-4-11(13)12(10)16/h2-4,16H,5-9H2,1H3. The minimum Gasteiger partial charge on any atom is -0.506 e. The van der Waals surface area contributed by atoms with Crippen molar-refractivity contribution in [3.8, 4) is 5.75 Å². The van der Waals surface area contributed by atoms with E-state index in [9.17, 15) is 5.11 Å². The number of phenols is 1. The van der Waals surface area contributed by atoms with Crippen molar-refractivity contribution in [2.45, 2.75) is 6.54 Å². The third kappa shape index (κ3) is 2.67. The molecule has 1 aromatic rings. The lowest BCUT2D eigenvalue weighted by Gasteiger charge is -2.32. The van der Waals surface area contributed by atoms with Gasteiger partial charge in [-0.25, -0.2) is 0 Å². The first-order valence-corrected chi connectivity index (χ1v) is 5.92. The van der Waals surface area contributed by atoms with Crippen molar-refractivity contribution in [1.29, 1.82) is 0 Å². The van der Waals surface area contributed by atoms with E-state index < -0.39 is 0 Å². The number of benzene rings is 1. The average Bonchev–Trinajstić information content (AvgIpc) is 2.28. The van der Waals surface area contributed by atoms with E-state index >= 15 is 0 Å². The number of rotatable bonds is 2. The molecule has 2 rings (SSSR count). The topological polar surface area (TPSA) is 26.7 Å². The van der Waals surface area contributed by atoms with Crippen molar-refractivity contribution < 1.29 is 5.11 Å². The molecule has 1 N–H and O–H groups in total. The molecule has 0 amide bonds. The van der Waals surface area contributed by atoms with Crippen LogP contribution in [0.5, 0.6) is 5.75 Å². The Hall–Kier alpha value is -0.770. The molecule has 88 valence electrons. The zero-order valence-corrected chi connectivity index (χ0v) is 10.2. The molecular weight excluding hydrogens is 224 g/mol. The third-order valence-electron chi connectivity index (χ3n) is 3.06. The van der Waals surface area contributed by atoms with Crippen LogP contribution in [0.4, 0.5) is 0 Å². The number of hydrogen-bond acceptors (Lipinski definition) is 3. The molecule has 0 aliphatic carbocycles. The summed E-state index contributed by atoms with van der Waals surface area (Å²) < 4.78 is 0. The van der Waals surface area contributed by atoms with E-state index in [4.69, 9.17) is 11.6 Å². The van der Waals surface area contributed by atoms with Gasteiger partial charge in [0.05, 0.1) is 5.02 Å². The van der Waals surface area contributed by atoms with Crippen LogP contribution in [0.15, 0.2) is 18.2 Å². The summed E-state index contributed by atoms with van der Waals surface area (Å²) in [5, 5.41) is 10.2. The average molecular weight is 241 g/mol. The van der Waals surface area contributed by atoms with Crippen molar-refractivity contribution >= 4 is 11.6 Å². The number of halogens is 1. The Morgan fingerprint density at radius 1 is 1.25 bits per heavy atom. The lowest BCUT2D eigenvalue weighted by Crippen LogP contribution is -2.43. The molecule has 0 aromatic heterocycles. The van der Waals surface area contributed by atoms with Crippen LogP contribution in [0.3, 0.4) is 0 Å². The summed E-state index contributed by atoms with van der Waals surface area (Å²) in [4.78, 5) is 4.65. The number of phenolic OH excluding ortho intramolecular Hbond substituents is 1. The van der Waals surface area contributed by atoms with Gasteiger partial charge in [-0.15, -0.1) is 0 Å². The normalized spacial score (nSPS) is 18.9. The maximum absolute atomic E-state index is 9.81. The van der Waals surface area contributed by atoms with E-state index in [2.05, 4.69) is 16.8 Å². The van der Waals surface area contributed by atoms with Crippen LogP contribution in [0, 0.1) is 0 Å². The Balaban J connectivity index is 2.01. The van der Waals surface area contributed by atoms with E-state index in [1.54, 1.807) is 6.07 Å². The van der Waals surface area contributed by atoms with Gasteiger partial charge in [-0.2, -0.15) is 0 Å². The fourth-order valence-electron chi connectivity index (χ4n) is 1.93. The molecule has 1 aromatic carbocycles. The second kappa shape index (κ2) is 5.04. The molecule has 3 nitrogen and oxygen atoms in total. The number of aromatic hydroxyl groups is 1. The van der Waals surface area contributed by atoms with Gasteiger partial charge in [0.2, 0.25) is 0 Å². The summed E-state index contributed by atoms with van der Waals surface area (Å²) in [5.41, 5.74) is 0.914. The van der Waals surface area contributed by atoms with E-state index in [1.165, 1.54) is 0 Å². The predicted molar refractivity (Wildman–Crippen MR) is 65.9 cm³/mol. The zero-order chi connectivity index (χ0) is 11.5. The minimum absolute atomic E-state index is 0.225. The van der Waals surface area contributed by atoms with E-state index in [0.29, 0.717) is 5.02 Å². The Bertz CT molecular complexity index is 362. The van der Waals surface area contributed by atoms with E-state index in [-0.39, 0.29) is 5.75 Å². The van der Waals surface area contributed by atoms with Gasteiger partial charge < -0.3 is 10.0 Å². The summed E-state index contributed by atoms with van der Waals surface area (Å²) in [7, 11) is 2.13. The Morgan fingerprint density at radius 3 is 2.62 bits per heavy atom. The molecular formula is C12H17ClN2O.